The fourth-order valence-corrected chi connectivity index (χ4v) is 2.51. The maximum absolute atomic E-state index is 5.89. The van der Waals surface area contributed by atoms with Crippen LogP contribution in [0.3, 0.4) is 0 Å². The molecule has 0 aliphatic heterocycles. The van der Waals surface area contributed by atoms with Gasteiger partial charge in [0.05, 0.1) is 0 Å². The molecule has 0 amide bonds. The predicted molar refractivity (Wildman–Crippen MR) is 87.6 cm³/mol. The maximum atomic E-state index is 5.89. The van der Waals surface area contributed by atoms with Crippen LogP contribution in [0.2, 0.25) is 0 Å². The van der Waals surface area contributed by atoms with Crippen molar-refractivity contribution in [3.63, 3.8) is 0 Å². The molecule has 1 rings (SSSR count). The zero-order valence-corrected chi connectivity index (χ0v) is 14.1. The highest BCUT2D eigenvalue weighted by molar-refractivity contribution is 9.10. The molecule has 1 aromatic carbocycles. The van der Waals surface area contributed by atoms with Gasteiger partial charge < -0.3 is 15.5 Å². The zero-order valence-electron chi connectivity index (χ0n) is 12.5. The number of hydrogen-bond acceptors (Lipinski definition) is 3. The minimum atomic E-state index is 0.575. The molecule has 0 aliphatic rings. The minimum absolute atomic E-state index is 0.575. The summed E-state index contributed by atoms with van der Waals surface area (Å²) in [6.07, 6.45) is 0. The number of nitrogens with two attached hydrogens (primary N) is 1. The number of rotatable bonds is 7. The Labute approximate surface area is 125 Å². The van der Waals surface area contributed by atoms with E-state index in [0.717, 1.165) is 24.1 Å². The largest absolute Gasteiger partial charge is 0.370 e. The highest BCUT2D eigenvalue weighted by Gasteiger charge is 2.12. The van der Waals surface area contributed by atoms with E-state index in [0.29, 0.717) is 12.5 Å². The van der Waals surface area contributed by atoms with Crippen LogP contribution in [-0.2, 0) is 6.54 Å². The summed E-state index contributed by atoms with van der Waals surface area (Å²) >= 11 is 3.52. The molecule has 0 unspecified atom stereocenters. The molecule has 0 atom stereocenters. The van der Waals surface area contributed by atoms with Crippen LogP contribution in [0.5, 0.6) is 0 Å². The smallest absolute Gasteiger partial charge is 0.0413 e. The highest BCUT2D eigenvalue weighted by atomic mass is 79.9. The van der Waals surface area contributed by atoms with Gasteiger partial charge in [0.2, 0.25) is 0 Å². The molecule has 0 bridgehead atoms. The molecule has 1 aromatic rings. The molecule has 3 nitrogen and oxygen atoms in total. The monoisotopic (exact) mass is 327 g/mol. The Morgan fingerprint density at radius 1 is 1.21 bits per heavy atom. The molecule has 0 fully saturated rings. The minimum Gasteiger partial charge on any atom is -0.370 e. The van der Waals surface area contributed by atoms with Gasteiger partial charge >= 0.3 is 0 Å². The summed E-state index contributed by atoms with van der Waals surface area (Å²) < 4.78 is 1.09. The number of halogens is 1. The molecular formula is C15H26BrN3. The molecule has 0 radical (unpaired) electrons. The van der Waals surface area contributed by atoms with Gasteiger partial charge in [0, 0.05) is 36.3 Å². The second-order valence-electron chi connectivity index (χ2n) is 5.62. The first-order chi connectivity index (χ1) is 8.93. The number of nitrogens with zero attached hydrogens (tertiary/aromatic N) is 2. The van der Waals surface area contributed by atoms with Gasteiger partial charge in [-0.05, 0) is 43.8 Å². The van der Waals surface area contributed by atoms with E-state index in [9.17, 15) is 0 Å². The van der Waals surface area contributed by atoms with Crippen molar-refractivity contribution in [2.75, 3.05) is 38.6 Å². The number of benzene rings is 1. The summed E-state index contributed by atoms with van der Waals surface area (Å²) in [5.74, 6) is 0.636. The van der Waals surface area contributed by atoms with Crippen LogP contribution in [-0.4, -0.2) is 38.6 Å². The summed E-state index contributed by atoms with van der Waals surface area (Å²) in [6.45, 7) is 8.22. The first kappa shape index (κ1) is 16.5. The fraction of sp³-hybridized carbons (Fsp3) is 0.600. The van der Waals surface area contributed by atoms with Crippen LogP contribution in [0.1, 0.15) is 19.4 Å². The van der Waals surface area contributed by atoms with Gasteiger partial charge in [-0.1, -0.05) is 29.8 Å². The number of anilines is 1. The summed E-state index contributed by atoms with van der Waals surface area (Å²) in [5, 5.41) is 0. The Morgan fingerprint density at radius 3 is 2.42 bits per heavy atom. The van der Waals surface area contributed by atoms with Crippen LogP contribution in [0.25, 0.3) is 0 Å². The van der Waals surface area contributed by atoms with E-state index in [2.05, 4.69) is 71.9 Å². The van der Waals surface area contributed by atoms with E-state index in [1.165, 1.54) is 11.3 Å². The lowest BCUT2D eigenvalue weighted by Gasteiger charge is -2.30. The van der Waals surface area contributed by atoms with E-state index in [4.69, 9.17) is 5.73 Å². The van der Waals surface area contributed by atoms with Gasteiger partial charge in [0.25, 0.3) is 0 Å². The van der Waals surface area contributed by atoms with Crippen molar-refractivity contribution in [1.29, 1.82) is 0 Å². The van der Waals surface area contributed by atoms with E-state index in [-0.39, 0.29) is 0 Å². The van der Waals surface area contributed by atoms with Crippen LogP contribution >= 0.6 is 15.9 Å². The van der Waals surface area contributed by atoms with Crippen LogP contribution in [0.15, 0.2) is 22.7 Å². The average molecular weight is 328 g/mol. The third kappa shape index (κ3) is 5.51. The SMILES string of the molecule is CC(C)CN(CCN(C)C)c1ccc(Br)cc1CN. The van der Waals surface area contributed by atoms with Gasteiger partial charge in [-0.25, -0.2) is 0 Å². The Kier molecular flexibility index (Phi) is 6.83. The first-order valence-corrected chi connectivity index (χ1v) is 7.61. The van der Waals surface area contributed by atoms with Crippen molar-refractivity contribution in [3.8, 4) is 0 Å². The van der Waals surface area contributed by atoms with Crippen LogP contribution in [0, 0.1) is 5.92 Å². The lowest BCUT2D eigenvalue weighted by atomic mass is 10.1. The number of likely N-dealkylation sites (N-methyl/N-ethyl adjacent to an activating group) is 1. The molecule has 0 aromatic heterocycles. The van der Waals surface area contributed by atoms with Crippen molar-refractivity contribution in [1.82, 2.24) is 4.90 Å². The molecule has 0 spiro atoms. The van der Waals surface area contributed by atoms with Crippen molar-refractivity contribution in [2.24, 2.45) is 11.7 Å². The van der Waals surface area contributed by atoms with Gasteiger partial charge in [0.15, 0.2) is 0 Å². The molecule has 2 N–H and O–H groups in total. The van der Waals surface area contributed by atoms with Gasteiger partial charge in [-0.2, -0.15) is 0 Å². The Bertz CT molecular complexity index is 391. The van der Waals surface area contributed by atoms with Gasteiger partial charge in [0.1, 0.15) is 0 Å². The lowest BCUT2D eigenvalue weighted by molar-refractivity contribution is 0.409. The quantitative estimate of drug-likeness (QED) is 0.835. The molecule has 0 saturated carbocycles. The Hall–Kier alpha value is -0.580. The standard InChI is InChI=1S/C15H26BrN3/c1-12(2)11-19(8-7-18(3)4)15-6-5-14(16)9-13(15)10-17/h5-6,9,12H,7-8,10-11,17H2,1-4H3. The summed E-state index contributed by atoms with van der Waals surface area (Å²) in [4.78, 5) is 4.66. The molecule has 4 heteroatoms. The van der Waals surface area contributed by atoms with Crippen LogP contribution in [0.4, 0.5) is 5.69 Å². The van der Waals surface area contributed by atoms with E-state index in [1.807, 2.05) is 0 Å². The Balaban J connectivity index is 2.95. The predicted octanol–water partition coefficient (Wildman–Crippen LogP) is 2.93. The second kappa shape index (κ2) is 7.88. The Morgan fingerprint density at radius 2 is 1.89 bits per heavy atom. The molecule has 0 saturated heterocycles. The third-order valence-corrected chi connectivity index (χ3v) is 3.50. The maximum Gasteiger partial charge on any atom is 0.0413 e. The number of hydrogen-bond donors (Lipinski definition) is 1. The summed E-state index contributed by atoms with van der Waals surface area (Å²) in [5.41, 5.74) is 8.35. The van der Waals surface area contributed by atoms with Gasteiger partial charge in [-0.3, -0.25) is 0 Å². The van der Waals surface area contributed by atoms with Crippen molar-refractivity contribution in [3.05, 3.63) is 28.2 Å². The van der Waals surface area contributed by atoms with E-state index < -0.39 is 0 Å². The lowest BCUT2D eigenvalue weighted by Crippen LogP contribution is -2.35. The third-order valence-electron chi connectivity index (χ3n) is 3.00. The zero-order chi connectivity index (χ0) is 14.4. The highest BCUT2D eigenvalue weighted by Crippen LogP contribution is 2.25. The van der Waals surface area contributed by atoms with Crippen molar-refractivity contribution < 1.29 is 0 Å². The first-order valence-electron chi connectivity index (χ1n) is 6.82. The van der Waals surface area contributed by atoms with Gasteiger partial charge in [-0.15, -0.1) is 0 Å². The van der Waals surface area contributed by atoms with Crippen molar-refractivity contribution in [2.45, 2.75) is 20.4 Å². The summed E-state index contributed by atoms with van der Waals surface area (Å²) in [6, 6.07) is 6.39. The van der Waals surface area contributed by atoms with Crippen LogP contribution < -0.4 is 10.6 Å². The molecule has 19 heavy (non-hydrogen) atoms. The molecule has 0 heterocycles. The molecule has 0 aliphatic carbocycles. The normalized spacial score (nSPS) is 11.4. The molecule has 108 valence electrons. The van der Waals surface area contributed by atoms with E-state index in [1.54, 1.807) is 0 Å². The summed E-state index contributed by atoms with van der Waals surface area (Å²) in [7, 11) is 4.22. The average Bonchev–Trinajstić information content (AvgIpc) is 2.33. The topological polar surface area (TPSA) is 32.5 Å². The molecular weight excluding hydrogens is 302 g/mol. The second-order valence-corrected chi connectivity index (χ2v) is 6.54. The van der Waals surface area contributed by atoms with E-state index >= 15 is 0 Å². The van der Waals surface area contributed by atoms with Crippen molar-refractivity contribution >= 4 is 21.6 Å². The fourth-order valence-electron chi connectivity index (χ4n) is 2.10.